The van der Waals surface area contributed by atoms with Crippen LogP contribution in [0.25, 0.3) is 0 Å². The molecule has 1 aromatic heterocycles. The van der Waals surface area contributed by atoms with Gasteiger partial charge < -0.3 is 5.32 Å². The van der Waals surface area contributed by atoms with Crippen LogP contribution in [0.5, 0.6) is 0 Å². The van der Waals surface area contributed by atoms with Crippen molar-refractivity contribution in [3.05, 3.63) is 74.8 Å². The van der Waals surface area contributed by atoms with Gasteiger partial charge in [-0.05, 0) is 42.5 Å². The fraction of sp³-hybridized carbons (Fsp3) is 0. The molecule has 6 nitrogen and oxygen atoms in total. The van der Waals surface area contributed by atoms with Gasteiger partial charge in [-0.2, -0.15) is 0 Å². The van der Waals surface area contributed by atoms with Gasteiger partial charge >= 0.3 is 5.69 Å². The summed E-state index contributed by atoms with van der Waals surface area (Å²) < 4.78 is 13.3. The quantitative estimate of drug-likeness (QED) is 0.328. The van der Waals surface area contributed by atoms with Crippen molar-refractivity contribution in [2.45, 2.75) is 9.92 Å². The molecule has 3 rings (SSSR count). The van der Waals surface area contributed by atoms with E-state index in [1.165, 1.54) is 18.5 Å². The Hall–Kier alpha value is -2.42. The Kier molecular flexibility index (Phi) is 5.55. The molecule has 0 fully saturated rings. The molecule has 0 atom stereocenters. The molecule has 0 saturated carbocycles. The minimum atomic E-state index is -0.589. The van der Waals surface area contributed by atoms with Crippen molar-refractivity contribution in [2.75, 3.05) is 5.32 Å². The van der Waals surface area contributed by atoms with Crippen molar-refractivity contribution >= 4 is 52.2 Å². The molecule has 0 aliphatic heterocycles. The van der Waals surface area contributed by atoms with E-state index < -0.39 is 10.7 Å². The summed E-state index contributed by atoms with van der Waals surface area (Å²) in [6.45, 7) is 0. The second-order valence-electron chi connectivity index (χ2n) is 4.94. The first-order valence-electron chi connectivity index (χ1n) is 7.09. The minimum absolute atomic E-state index is 0.0239. The molecule has 0 unspecified atom stereocenters. The number of aromatic nitrogens is 2. The van der Waals surface area contributed by atoms with Crippen LogP contribution in [-0.4, -0.2) is 14.9 Å². The Labute approximate surface area is 161 Å². The van der Waals surface area contributed by atoms with Gasteiger partial charge in [0, 0.05) is 15.6 Å². The van der Waals surface area contributed by atoms with E-state index in [1.807, 2.05) is 0 Å². The standard InChI is InChI=1S/C16H9Cl2FN4O2S/c17-9-1-4-11(5-2-9)26-16-14(23(24)25)15(20-8-21-16)22-10-3-6-13(19)12(18)7-10/h1-8H,(H,20,21,22). The van der Waals surface area contributed by atoms with Crippen LogP contribution in [0, 0.1) is 15.9 Å². The molecule has 0 aliphatic rings. The van der Waals surface area contributed by atoms with E-state index in [0.29, 0.717) is 10.7 Å². The average molecular weight is 411 g/mol. The van der Waals surface area contributed by atoms with Crippen molar-refractivity contribution in [1.82, 2.24) is 9.97 Å². The molecule has 0 spiro atoms. The largest absolute Gasteiger partial charge is 0.343 e. The number of nitrogens with one attached hydrogen (secondary N) is 1. The number of nitro groups is 1. The maximum Gasteiger partial charge on any atom is 0.343 e. The first kappa shape index (κ1) is 18.4. The van der Waals surface area contributed by atoms with E-state index in [4.69, 9.17) is 23.2 Å². The number of anilines is 2. The fourth-order valence-corrected chi connectivity index (χ4v) is 3.19. The molecule has 0 amide bonds. The molecular formula is C16H9Cl2FN4O2S. The summed E-state index contributed by atoms with van der Waals surface area (Å²) in [6.07, 6.45) is 1.21. The number of hydrogen-bond donors (Lipinski definition) is 1. The third-order valence-corrected chi connectivity index (χ3v) is 4.72. The number of nitrogens with zero attached hydrogens (tertiary/aromatic N) is 3. The van der Waals surface area contributed by atoms with Gasteiger partial charge in [0.15, 0.2) is 5.03 Å². The molecule has 1 heterocycles. The maximum atomic E-state index is 13.3. The van der Waals surface area contributed by atoms with Gasteiger partial charge in [0.05, 0.1) is 9.95 Å². The van der Waals surface area contributed by atoms with Crippen LogP contribution in [0.3, 0.4) is 0 Å². The molecule has 0 bridgehead atoms. The Bertz CT molecular complexity index is 973. The highest BCUT2D eigenvalue weighted by atomic mass is 35.5. The van der Waals surface area contributed by atoms with Gasteiger partial charge in [0.1, 0.15) is 12.1 Å². The molecule has 1 N–H and O–H groups in total. The number of halogens is 3. The van der Waals surface area contributed by atoms with Gasteiger partial charge in [-0.15, -0.1) is 0 Å². The minimum Gasteiger partial charge on any atom is -0.334 e. The summed E-state index contributed by atoms with van der Waals surface area (Å²) in [7, 11) is 0. The summed E-state index contributed by atoms with van der Waals surface area (Å²) in [5, 5.41) is 14.9. The topological polar surface area (TPSA) is 81.0 Å². The first-order valence-corrected chi connectivity index (χ1v) is 8.66. The molecule has 0 radical (unpaired) electrons. The van der Waals surface area contributed by atoms with Crippen LogP contribution in [0.1, 0.15) is 0 Å². The van der Waals surface area contributed by atoms with Crippen LogP contribution in [-0.2, 0) is 0 Å². The van der Waals surface area contributed by atoms with Crippen LogP contribution in [0.2, 0.25) is 10.0 Å². The van der Waals surface area contributed by atoms with Gasteiger partial charge in [-0.3, -0.25) is 10.1 Å². The second-order valence-corrected chi connectivity index (χ2v) is 6.85. The highest BCUT2D eigenvalue weighted by Crippen LogP contribution is 2.38. The Balaban J connectivity index is 1.96. The summed E-state index contributed by atoms with van der Waals surface area (Å²) in [6, 6.07) is 10.7. The van der Waals surface area contributed by atoms with Crippen molar-refractivity contribution in [1.29, 1.82) is 0 Å². The molecule has 10 heteroatoms. The van der Waals surface area contributed by atoms with E-state index in [9.17, 15) is 14.5 Å². The van der Waals surface area contributed by atoms with E-state index in [2.05, 4.69) is 15.3 Å². The Morgan fingerprint density at radius 2 is 1.85 bits per heavy atom. The molecule has 2 aromatic carbocycles. The zero-order chi connectivity index (χ0) is 18.7. The van der Waals surface area contributed by atoms with Crippen molar-refractivity contribution in [3.63, 3.8) is 0 Å². The lowest BCUT2D eigenvalue weighted by atomic mass is 10.3. The smallest absolute Gasteiger partial charge is 0.334 e. The molecular weight excluding hydrogens is 402 g/mol. The highest BCUT2D eigenvalue weighted by molar-refractivity contribution is 7.99. The molecule has 3 aromatic rings. The fourth-order valence-electron chi connectivity index (χ4n) is 2.02. The second kappa shape index (κ2) is 7.86. The lowest BCUT2D eigenvalue weighted by Crippen LogP contribution is -2.03. The van der Waals surface area contributed by atoms with E-state index in [-0.39, 0.29) is 21.6 Å². The third-order valence-electron chi connectivity index (χ3n) is 3.18. The third kappa shape index (κ3) is 4.21. The van der Waals surface area contributed by atoms with Crippen molar-refractivity contribution in [3.8, 4) is 0 Å². The lowest BCUT2D eigenvalue weighted by molar-refractivity contribution is -0.387. The summed E-state index contributed by atoms with van der Waals surface area (Å²) in [4.78, 5) is 19.6. The first-order chi connectivity index (χ1) is 12.4. The van der Waals surface area contributed by atoms with E-state index in [1.54, 1.807) is 24.3 Å². The Morgan fingerprint density at radius 3 is 2.50 bits per heavy atom. The van der Waals surface area contributed by atoms with Crippen LogP contribution in [0.4, 0.5) is 21.6 Å². The van der Waals surface area contributed by atoms with Crippen LogP contribution < -0.4 is 5.32 Å². The van der Waals surface area contributed by atoms with E-state index >= 15 is 0 Å². The zero-order valence-electron chi connectivity index (χ0n) is 12.8. The lowest BCUT2D eigenvalue weighted by Gasteiger charge is -2.09. The number of benzene rings is 2. The highest BCUT2D eigenvalue weighted by Gasteiger charge is 2.24. The maximum absolute atomic E-state index is 13.3. The van der Waals surface area contributed by atoms with Crippen LogP contribution >= 0.6 is 35.0 Å². The number of hydrogen-bond acceptors (Lipinski definition) is 6. The van der Waals surface area contributed by atoms with Crippen molar-refractivity contribution in [2.24, 2.45) is 0 Å². The normalized spacial score (nSPS) is 10.6. The molecule has 26 heavy (non-hydrogen) atoms. The summed E-state index contributed by atoms with van der Waals surface area (Å²) in [5.41, 5.74) is 0.0635. The molecule has 0 saturated heterocycles. The zero-order valence-corrected chi connectivity index (χ0v) is 15.1. The monoisotopic (exact) mass is 410 g/mol. The SMILES string of the molecule is O=[N+]([O-])c1c(Nc2ccc(F)c(Cl)c2)ncnc1Sc1ccc(Cl)cc1. The predicted octanol–water partition coefficient (Wildman–Crippen LogP) is 5.73. The summed E-state index contributed by atoms with van der Waals surface area (Å²) in [5.74, 6) is -0.613. The van der Waals surface area contributed by atoms with Gasteiger partial charge in [-0.25, -0.2) is 14.4 Å². The Morgan fingerprint density at radius 1 is 1.12 bits per heavy atom. The van der Waals surface area contributed by atoms with Gasteiger partial charge in [0.2, 0.25) is 5.82 Å². The van der Waals surface area contributed by atoms with Crippen LogP contribution in [0.15, 0.2) is 58.7 Å². The van der Waals surface area contributed by atoms with E-state index in [0.717, 1.165) is 22.7 Å². The van der Waals surface area contributed by atoms with Gasteiger partial charge in [-0.1, -0.05) is 35.0 Å². The molecule has 132 valence electrons. The van der Waals surface area contributed by atoms with Crippen molar-refractivity contribution < 1.29 is 9.31 Å². The van der Waals surface area contributed by atoms with Gasteiger partial charge in [0.25, 0.3) is 0 Å². The number of rotatable bonds is 5. The summed E-state index contributed by atoms with van der Waals surface area (Å²) >= 11 is 12.7. The average Bonchev–Trinajstić information content (AvgIpc) is 2.60. The molecule has 0 aliphatic carbocycles. The predicted molar refractivity (Wildman–Crippen MR) is 99.0 cm³/mol.